The molecular formula is C7H10N2O2. The molecule has 0 aromatic carbocycles. The Bertz CT molecular complexity index is 227. The molecule has 0 unspecified atom stereocenters. The maximum Gasteiger partial charge on any atom is 0.147 e. The monoisotopic (exact) mass is 154 g/mol. The van der Waals surface area contributed by atoms with Crippen LogP contribution in [0.5, 0.6) is 5.75 Å². The van der Waals surface area contributed by atoms with Crippen LogP contribution in [0.15, 0.2) is 18.5 Å². The van der Waals surface area contributed by atoms with Crippen LogP contribution in [-0.2, 0) is 0 Å². The molecule has 4 heteroatoms. The van der Waals surface area contributed by atoms with Gasteiger partial charge in [0.15, 0.2) is 0 Å². The second-order valence-electron chi connectivity index (χ2n) is 1.92. The number of aromatic nitrogens is 1. The van der Waals surface area contributed by atoms with Crippen LogP contribution >= 0.6 is 0 Å². The maximum absolute atomic E-state index is 8.58. The van der Waals surface area contributed by atoms with Gasteiger partial charge in [-0.2, -0.15) is 0 Å². The minimum atomic E-state index is 0.481. The van der Waals surface area contributed by atoms with Gasteiger partial charge in [0.05, 0.1) is 12.8 Å². The van der Waals surface area contributed by atoms with E-state index in [0.717, 1.165) is 0 Å². The number of hydrogen-bond donors (Lipinski definition) is 2. The summed E-state index contributed by atoms with van der Waals surface area (Å²) < 4.78 is 5.17. The Hall–Kier alpha value is -1.29. The summed E-state index contributed by atoms with van der Waals surface area (Å²) in [5.74, 6) is 0.602. The first-order chi connectivity index (χ1) is 5.38. The van der Waals surface area contributed by atoms with Gasteiger partial charge in [0.2, 0.25) is 0 Å². The summed E-state index contributed by atoms with van der Waals surface area (Å²) in [5.41, 5.74) is 2.47. The Balaban J connectivity index is 2.83. The molecule has 60 valence electrons. The highest BCUT2D eigenvalue weighted by Gasteiger charge is 1.99. The molecule has 0 fully saturated rings. The third-order valence-corrected chi connectivity index (χ3v) is 1.20. The molecule has 0 spiro atoms. The van der Waals surface area contributed by atoms with E-state index in [9.17, 15) is 0 Å². The molecule has 0 amide bonds. The third kappa shape index (κ3) is 1.81. The first-order valence-electron chi connectivity index (χ1n) is 3.35. The van der Waals surface area contributed by atoms with E-state index in [1.54, 1.807) is 12.3 Å². The fourth-order valence-corrected chi connectivity index (χ4v) is 0.747. The molecule has 0 aliphatic heterocycles. The van der Waals surface area contributed by atoms with Crippen molar-refractivity contribution in [1.82, 2.24) is 4.98 Å². The van der Waals surface area contributed by atoms with E-state index in [1.807, 2.05) is 12.4 Å². The molecule has 0 saturated heterocycles. The van der Waals surface area contributed by atoms with Crippen molar-refractivity contribution in [3.8, 4) is 5.75 Å². The molecule has 1 heterocycles. The van der Waals surface area contributed by atoms with Crippen LogP contribution in [0.4, 0.5) is 5.69 Å². The quantitative estimate of drug-likeness (QED) is 0.644. The molecule has 4 nitrogen and oxygen atoms in total. The van der Waals surface area contributed by atoms with Crippen LogP contribution < -0.4 is 10.2 Å². The van der Waals surface area contributed by atoms with E-state index in [0.29, 0.717) is 18.0 Å². The average Bonchev–Trinajstić information content (AvgIpc) is 2.06. The molecule has 1 aromatic rings. The van der Waals surface area contributed by atoms with Crippen LogP contribution in [0.1, 0.15) is 6.92 Å². The highest BCUT2D eigenvalue weighted by Crippen LogP contribution is 2.20. The minimum absolute atomic E-state index is 0.481. The summed E-state index contributed by atoms with van der Waals surface area (Å²) in [7, 11) is 0. The number of hydrogen-bond acceptors (Lipinski definition) is 4. The summed E-state index contributed by atoms with van der Waals surface area (Å²) in [4.78, 5) is 3.80. The smallest absolute Gasteiger partial charge is 0.147 e. The molecule has 0 atom stereocenters. The Morgan fingerprint density at radius 1 is 1.73 bits per heavy atom. The standard InChI is InChI=1S/C7H10N2O2/c1-2-11-7-3-4-8-5-6(7)9-10/h3-5,9-10H,2H2,1H3. The van der Waals surface area contributed by atoms with Gasteiger partial charge in [0.1, 0.15) is 11.4 Å². The van der Waals surface area contributed by atoms with Crippen molar-refractivity contribution < 1.29 is 9.94 Å². The van der Waals surface area contributed by atoms with Gasteiger partial charge in [-0.1, -0.05) is 0 Å². The summed E-state index contributed by atoms with van der Waals surface area (Å²) in [6.45, 7) is 2.44. The Morgan fingerprint density at radius 3 is 3.18 bits per heavy atom. The predicted molar refractivity (Wildman–Crippen MR) is 40.8 cm³/mol. The summed E-state index contributed by atoms with van der Waals surface area (Å²) in [6, 6.07) is 1.68. The largest absolute Gasteiger partial charge is 0.492 e. The average molecular weight is 154 g/mol. The van der Waals surface area contributed by atoms with Crippen LogP contribution in [0.2, 0.25) is 0 Å². The van der Waals surface area contributed by atoms with Crippen molar-refractivity contribution in [2.75, 3.05) is 12.1 Å². The topological polar surface area (TPSA) is 54.4 Å². The van der Waals surface area contributed by atoms with E-state index < -0.39 is 0 Å². The van der Waals surface area contributed by atoms with Gasteiger partial charge in [-0.15, -0.1) is 0 Å². The van der Waals surface area contributed by atoms with Crippen LogP contribution in [0, 0.1) is 0 Å². The fraction of sp³-hybridized carbons (Fsp3) is 0.286. The zero-order chi connectivity index (χ0) is 8.10. The van der Waals surface area contributed by atoms with Crippen LogP contribution in [-0.4, -0.2) is 16.8 Å². The lowest BCUT2D eigenvalue weighted by atomic mass is 10.4. The van der Waals surface area contributed by atoms with Gasteiger partial charge in [0.25, 0.3) is 0 Å². The fourth-order valence-electron chi connectivity index (χ4n) is 0.747. The van der Waals surface area contributed by atoms with Gasteiger partial charge in [-0.25, -0.2) is 0 Å². The summed E-state index contributed by atoms with van der Waals surface area (Å²) >= 11 is 0. The highest BCUT2D eigenvalue weighted by molar-refractivity contribution is 5.52. The van der Waals surface area contributed by atoms with Crippen molar-refractivity contribution in [2.45, 2.75) is 6.92 Å². The molecule has 2 N–H and O–H groups in total. The van der Waals surface area contributed by atoms with E-state index in [2.05, 4.69) is 4.98 Å². The second kappa shape index (κ2) is 3.78. The molecule has 11 heavy (non-hydrogen) atoms. The van der Waals surface area contributed by atoms with Crippen LogP contribution in [0.3, 0.4) is 0 Å². The number of nitrogens with one attached hydrogen (secondary N) is 1. The molecule has 0 aliphatic carbocycles. The molecule has 0 bridgehead atoms. The predicted octanol–water partition coefficient (Wildman–Crippen LogP) is 1.28. The lowest BCUT2D eigenvalue weighted by Crippen LogP contribution is -1.97. The Morgan fingerprint density at radius 2 is 2.55 bits per heavy atom. The van der Waals surface area contributed by atoms with Crippen molar-refractivity contribution in [1.29, 1.82) is 0 Å². The highest BCUT2D eigenvalue weighted by atomic mass is 16.5. The van der Waals surface area contributed by atoms with Crippen LogP contribution in [0.25, 0.3) is 0 Å². The van der Waals surface area contributed by atoms with Gasteiger partial charge in [-0.3, -0.25) is 15.7 Å². The molecule has 1 aromatic heterocycles. The number of rotatable bonds is 3. The van der Waals surface area contributed by atoms with Crippen molar-refractivity contribution in [2.24, 2.45) is 0 Å². The maximum atomic E-state index is 8.58. The first-order valence-corrected chi connectivity index (χ1v) is 3.35. The van der Waals surface area contributed by atoms with Gasteiger partial charge < -0.3 is 4.74 Å². The molecule has 1 rings (SSSR count). The summed E-state index contributed by atoms with van der Waals surface area (Å²) in [6.07, 6.45) is 3.09. The van der Waals surface area contributed by atoms with Gasteiger partial charge in [-0.05, 0) is 6.92 Å². The van der Waals surface area contributed by atoms with E-state index >= 15 is 0 Å². The van der Waals surface area contributed by atoms with Crippen molar-refractivity contribution >= 4 is 5.69 Å². The molecule has 0 saturated carbocycles. The van der Waals surface area contributed by atoms with Gasteiger partial charge in [0, 0.05) is 12.3 Å². The Labute approximate surface area is 64.8 Å². The second-order valence-corrected chi connectivity index (χ2v) is 1.92. The van der Waals surface area contributed by atoms with E-state index in [4.69, 9.17) is 9.94 Å². The lowest BCUT2D eigenvalue weighted by Gasteiger charge is -2.06. The van der Waals surface area contributed by atoms with Crippen molar-refractivity contribution in [3.63, 3.8) is 0 Å². The van der Waals surface area contributed by atoms with Crippen molar-refractivity contribution in [3.05, 3.63) is 18.5 Å². The Kier molecular flexibility index (Phi) is 2.68. The molecule has 0 aliphatic rings. The molecular weight excluding hydrogens is 144 g/mol. The zero-order valence-corrected chi connectivity index (χ0v) is 6.24. The third-order valence-electron chi connectivity index (χ3n) is 1.20. The number of nitrogens with zero attached hydrogens (tertiary/aromatic N) is 1. The zero-order valence-electron chi connectivity index (χ0n) is 6.24. The number of anilines is 1. The van der Waals surface area contributed by atoms with E-state index in [-0.39, 0.29) is 0 Å². The molecule has 0 radical (unpaired) electrons. The summed E-state index contributed by atoms with van der Waals surface area (Å²) in [5, 5.41) is 8.58. The normalized spacial score (nSPS) is 9.27. The SMILES string of the molecule is CCOc1ccncc1NO. The van der Waals surface area contributed by atoms with E-state index in [1.165, 1.54) is 6.20 Å². The lowest BCUT2D eigenvalue weighted by molar-refractivity contribution is 0.331. The first kappa shape index (κ1) is 7.81. The number of ether oxygens (including phenoxy) is 1. The number of pyridine rings is 1. The minimum Gasteiger partial charge on any atom is -0.492 e. The van der Waals surface area contributed by atoms with Gasteiger partial charge >= 0.3 is 0 Å².